The zero-order chi connectivity index (χ0) is 6.85. The molecule has 0 unspecified atom stereocenters. The predicted octanol–water partition coefficient (Wildman–Crippen LogP) is -1.81. The average Bonchev–Trinajstić information content (AvgIpc) is 1.80. The molecule has 1 aromatic heterocycles. The number of H-pyrrole nitrogens is 1. The molecule has 3 nitrogen and oxygen atoms in total. The van der Waals surface area contributed by atoms with Crippen LogP contribution in [0.15, 0.2) is 11.0 Å². The van der Waals surface area contributed by atoms with Crippen LogP contribution in [-0.4, -0.2) is 9.97 Å². The molecule has 0 aliphatic rings. The van der Waals surface area contributed by atoms with E-state index in [1.54, 1.807) is 0 Å². The molecule has 0 aliphatic carbocycles. The summed E-state index contributed by atoms with van der Waals surface area (Å²) in [5.74, 6) is 0. The molecule has 6 heteroatoms. The Labute approximate surface area is 90.5 Å². The van der Waals surface area contributed by atoms with E-state index in [9.17, 15) is 4.79 Å². The van der Waals surface area contributed by atoms with Crippen molar-refractivity contribution < 1.29 is 31.0 Å². The summed E-state index contributed by atoms with van der Waals surface area (Å²) in [4.78, 5) is 16.3. The van der Waals surface area contributed by atoms with E-state index in [4.69, 9.17) is 23.2 Å². The van der Waals surface area contributed by atoms with Crippen LogP contribution in [0.2, 0.25) is 10.3 Å². The minimum atomic E-state index is -0.420. The van der Waals surface area contributed by atoms with Crippen molar-refractivity contribution in [2.75, 3.05) is 0 Å². The molecule has 0 saturated heterocycles. The predicted molar refractivity (Wildman–Crippen MR) is 36.0 cm³/mol. The van der Waals surface area contributed by atoms with Crippen LogP contribution in [0.5, 0.6) is 0 Å². The third kappa shape index (κ3) is 2.60. The van der Waals surface area contributed by atoms with Crippen LogP contribution in [0.3, 0.4) is 0 Å². The third-order valence-electron chi connectivity index (χ3n) is 0.725. The first kappa shape index (κ1) is 10.5. The van der Waals surface area contributed by atoms with E-state index in [0.717, 1.165) is 0 Å². The monoisotopic (exact) mass is 188 g/mol. The number of nitrogens with zero attached hydrogens (tertiary/aromatic N) is 1. The minimum Gasteiger partial charge on any atom is -1.00 e. The van der Waals surface area contributed by atoms with Gasteiger partial charge in [-0.15, -0.1) is 0 Å². The summed E-state index contributed by atoms with van der Waals surface area (Å²) < 4.78 is 0. The fourth-order valence-corrected chi connectivity index (χ4v) is 0.588. The molecule has 0 saturated carbocycles. The SMILES string of the molecule is O=c1[nH]c(Cl)ncc1Cl.[H-].[Na+]. The molecule has 0 aliphatic heterocycles. The Hall–Kier alpha value is 0.460. The molecule has 0 atom stereocenters. The Morgan fingerprint density at radius 2 is 2.20 bits per heavy atom. The van der Waals surface area contributed by atoms with Crippen LogP contribution >= 0.6 is 23.2 Å². The summed E-state index contributed by atoms with van der Waals surface area (Å²) in [7, 11) is 0. The third-order valence-corrected chi connectivity index (χ3v) is 1.19. The van der Waals surface area contributed by atoms with Crippen LogP contribution in [0.4, 0.5) is 0 Å². The van der Waals surface area contributed by atoms with Crippen molar-refractivity contribution in [3.63, 3.8) is 0 Å². The quantitative estimate of drug-likeness (QED) is 0.386. The number of rotatable bonds is 0. The number of hydrogen-bond acceptors (Lipinski definition) is 2. The molecule has 1 N–H and O–H groups in total. The number of hydrogen-bond donors (Lipinski definition) is 1. The Morgan fingerprint density at radius 3 is 2.60 bits per heavy atom. The molecule has 1 aromatic rings. The summed E-state index contributed by atoms with van der Waals surface area (Å²) in [5, 5.41) is 0.0869. The van der Waals surface area contributed by atoms with E-state index in [-0.39, 0.29) is 41.3 Å². The maximum Gasteiger partial charge on any atom is 1.00 e. The topological polar surface area (TPSA) is 45.8 Å². The number of nitrogens with one attached hydrogen (secondary N) is 1. The first-order valence-electron chi connectivity index (χ1n) is 2.10. The second-order valence-corrected chi connectivity index (χ2v) is 2.12. The Balaban J connectivity index is 0. The molecule has 1 rings (SSSR count). The number of aromatic amines is 1. The van der Waals surface area contributed by atoms with Crippen molar-refractivity contribution in [2.45, 2.75) is 0 Å². The van der Waals surface area contributed by atoms with Gasteiger partial charge in [0.2, 0.25) is 5.28 Å². The molecule has 0 fully saturated rings. The van der Waals surface area contributed by atoms with E-state index in [0.29, 0.717) is 0 Å². The second kappa shape index (κ2) is 4.36. The van der Waals surface area contributed by atoms with Crippen LogP contribution in [0.1, 0.15) is 1.43 Å². The van der Waals surface area contributed by atoms with Crippen LogP contribution in [0, 0.1) is 0 Å². The normalized spacial score (nSPS) is 8.60. The van der Waals surface area contributed by atoms with Gasteiger partial charge in [0.05, 0.1) is 6.20 Å². The van der Waals surface area contributed by atoms with Gasteiger partial charge in [0.15, 0.2) is 0 Å². The summed E-state index contributed by atoms with van der Waals surface area (Å²) in [6.07, 6.45) is 1.20. The van der Waals surface area contributed by atoms with Gasteiger partial charge in [0.1, 0.15) is 5.02 Å². The van der Waals surface area contributed by atoms with Crippen LogP contribution < -0.4 is 35.1 Å². The largest absolute Gasteiger partial charge is 1.00 e. The molecule has 0 bridgehead atoms. The van der Waals surface area contributed by atoms with Crippen molar-refractivity contribution in [1.82, 2.24) is 9.97 Å². The van der Waals surface area contributed by atoms with E-state index in [1.807, 2.05) is 0 Å². The number of halogens is 2. The summed E-state index contributed by atoms with van der Waals surface area (Å²) >= 11 is 10.6. The van der Waals surface area contributed by atoms with Gasteiger partial charge in [0, 0.05) is 0 Å². The number of aromatic nitrogens is 2. The molecular formula is C4H3Cl2N2NaO. The molecule has 10 heavy (non-hydrogen) atoms. The molecule has 0 amide bonds. The van der Waals surface area contributed by atoms with Gasteiger partial charge in [-0.3, -0.25) is 9.78 Å². The molecule has 0 spiro atoms. The summed E-state index contributed by atoms with van der Waals surface area (Å²) in [5.41, 5.74) is -0.420. The van der Waals surface area contributed by atoms with Crippen LogP contribution in [-0.2, 0) is 0 Å². The Kier molecular flexibility index (Phi) is 4.56. The fraction of sp³-hybridized carbons (Fsp3) is 0. The van der Waals surface area contributed by atoms with E-state index in [2.05, 4.69) is 9.97 Å². The first-order valence-corrected chi connectivity index (χ1v) is 2.86. The minimum absolute atomic E-state index is 0. The van der Waals surface area contributed by atoms with Crippen molar-refractivity contribution in [1.29, 1.82) is 0 Å². The second-order valence-electron chi connectivity index (χ2n) is 1.35. The van der Waals surface area contributed by atoms with Gasteiger partial charge in [-0.2, -0.15) is 0 Å². The molecule has 0 aromatic carbocycles. The van der Waals surface area contributed by atoms with Crippen molar-refractivity contribution in [3.05, 3.63) is 26.9 Å². The first-order chi connectivity index (χ1) is 4.20. The van der Waals surface area contributed by atoms with E-state index in [1.165, 1.54) is 6.20 Å². The van der Waals surface area contributed by atoms with Crippen molar-refractivity contribution in [2.24, 2.45) is 0 Å². The van der Waals surface area contributed by atoms with Gasteiger partial charge >= 0.3 is 29.6 Å². The maximum absolute atomic E-state index is 10.5. The van der Waals surface area contributed by atoms with Crippen molar-refractivity contribution >= 4 is 23.2 Å². The average molecular weight is 189 g/mol. The van der Waals surface area contributed by atoms with Gasteiger partial charge in [-0.05, 0) is 11.6 Å². The zero-order valence-corrected chi connectivity index (χ0v) is 8.70. The fourth-order valence-electron chi connectivity index (χ4n) is 0.358. The molecule has 0 radical (unpaired) electrons. The van der Waals surface area contributed by atoms with Gasteiger partial charge < -0.3 is 1.43 Å². The van der Waals surface area contributed by atoms with Gasteiger partial charge in [0.25, 0.3) is 5.56 Å². The van der Waals surface area contributed by atoms with E-state index < -0.39 is 5.56 Å². The standard InChI is InChI=1S/C4H2Cl2N2O.Na.H/c5-2-1-7-4(6)8-3(2)9;;/h1H,(H,7,8,9);;/q;+1;-1. The van der Waals surface area contributed by atoms with Crippen molar-refractivity contribution in [3.8, 4) is 0 Å². The Bertz CT molecular complexity index is 279. The summed E-state index contributed by atoms with van der Waals surface area (Å²) in [6, 6.07) is 0. The summed E-state index contributed by atoms with van der Waals surface area (Å²) in [6.45, 7) is 0. The van der Waals surface area contributed by atoms with Gasteiger partial charge in [-0.1, -0.05) is 11.6 Å². The molecular weight excluding hydrogens is 186 g/mol. The zero-order valence-electron chi connectivity index (χ0n) is 6.19. The maximum atomic E-state index is 10.5. The van der Waals surface area contributed by atoms with Crippen LogP contribution in [0.25, 0.3) is 0 Å². The van der Waals surface area contributed by atoms with E-state index >= 15 is 0 Å². The Morgan fingerprint density at radius 1 is 1.60 bits per heavy atom. The van der Waals surface area contributed by atoms with Gasteiger partial charge in [-0.25, -0.2) is 4.98 Å². The molecule has 50 valence electrons. The smallest absolute Gasteiger partial charge is 1.00 e. The molecule has 1 heterocycles.